The second-order valence-electron chi connectivity index (χ2n) is 7.40. The second-order valence-corrected chi connectivity index (χ2v) is 7.83. The van der Waals surface area contributed by atoms with E-state index >= 15 is 0 Å². The summed E-state index contributed by atoms with van der Waals surface area (Å²) >= 11 is 6.28. The van der Waals surface area contributed by atoms with Gasteiger partial charge in [-0.2, -0.15) is 0 Å². The van der Waals surface area contributed by atoms with Gasteiger partial charge in [-0.1, -0.05) is 23.7 Å². The lowest BCUT2D eigenvalue weighted by atomic mass is 10.0. The molecule has 1 aromatic rings. The summed E-state index contributed by atoms with van der Waals surface area (Å²) in [5, 5.41) is 0.791. The van der Waals surface area contributed by atoms with E-state index in [0.717, 1.165) is 63.9 Å². The number of amides is 1. The first kappa shape index (κ1) is 20.4. The molecule has 2 heterocycles. The number of piperazine rings is 2. The minimum Gasteiger partial charge on any atom is -0.450 e. The zero-order chi connectivity index (χ0) is 19.2. The van der Waals surface area contributed by atoms with Crippen LogP contribution in [0.5, 0.6) is 0 Å². The van der Waals surface area contributed by atoms with Crippen molar-refractivity contribution in [3.05, 3.63) is 34.9 Å². The lowest BCUT2D eigenvalue weighted by Gasteiger charge is -2.42. The fourth-order valence-electron chi connectivity index (χ4n) is 3.85. The third-order valence-corrected chi connectivity index (χ3v) is 5.78. The Kier molecular flexibility index (Phi) is 7.35. The number of rotatable bonds is 5. The molecule has 0 bridgehead atoms. The smallest absolute Gasteiger partial charge is 0.409 e. The average Bonchev–Trinajstić information content (AvgIpc) is 2.67. The Morgan fingerprint density at radius 1 is 1.11 bits per heavy atom. The molecule has 27 heavy (non-hydrogen) atoms. The van der Waals surface area contributed by atoms with Crippen LogP contribution in [0.15, 0.2) is 24.3 Å². The molecule has 0 aromatic heterocycles. The zero-order valence-electron chi connectivity index (χ0n) is 16.4. The molecule has 3 rings (SSSR count). The van der Waals surface area contributed by atoms with Gasteiger partial charge in [-0.15, -0.1) is 0 Å². The monoisotopic (exact) mass is 394 g/mol. The van der Waals surface area contributed by atoms with Crippen LogP contribution in [0.25, 0.3) is 0 Å². The normalized spacial score (nSPS) is 21.2. The second kappa shape index (κ2) is 9.73. The van der Waals surface area contributed by atoms with E-state index in [-0.39, 0.29) is 6.09 Å². The molecule has 6 nitrogen and oxygen atoms in total. The van der Waals surface area contributed by atoms with Gasteiger partial charge in [0, 0.05) is 70.0 Å². The lowest BCUT2D eigenvalue weighted by Crippen LogP contribution is -2.53. The number of benzene rings is 1. The molecule has 1 atom stereocenters. The number of likely N-dealkylation sites (N-methyl/N-ethyl adjacent to an activating group) is 1. The molecule has 2 aliphatic heterocycles. The van der Waals surface area contributed by atoms with Crippen molar-refractivity contribution < 1.29 is 9.53 Å². The molecule has 2 aliphatic rings. The first-order chi connectivity index (χ1) is 13.1. The molecule has 1 unspecified atom stereocenters. The fraction of sp³-hybridized carbons (Fsp3) is 0.650. The van der Waals surface area contributed by atoms with Crippen LogP contribution >= 0.6 is 11.6 Å². The average molecular weight is 395 g/mol. The van der Waals surface area contributed by atoms with Crippen LogP contribution in [0.1, 0.15) is 18.5 Å². The minimum absolute atomic E-state index is 0.192. The minimum atomic E-state index is -0.192. The van der Waals surface area contributed by atoms with Crippen LogP contribution in [0.3, 0.4) is 0 Å². The molecular formula is C20H31ClN4O2. The molecule has 2 saturated heterocycles. The molecule has 2 fully saturated rings. The number of carbonyl (C=O) groups excluding carboxylic acids is 1. The Labute approximate surface area is 167 Å². The summed E-state index contributed by atoms with van der Waals surface area (Å²) in [4.78, 5) is 21.1. The number of hydrogen-bond donors (Lipinski definition) is 0. The van der Waals surface area contributed by atoms with Crippen molar-refractivity contribution >= 4 is 17.7 Å². The van der Waals surface area contributed by atoms with Gasteiger partial charge in [0.25, 0.3) is 0 Å². The first-order valence-electron chi connectivity index (χ1n) is 9.89. The summed E-state index contributed by atoms with van der Waals surface area (Å²) in [7, 11) is 2.18. The molecule has 0 radical (unpaired) electrons. The molecule has 1 aromatic carbocycles. The lowest BCUT2D eigenvalue weighted by molar-refractivity contribution is 0.0544. The van der Waals surface area contributed by atoms with Crippen molar-refractivity contribution in [3.63, 3.8) is 0 Å². The number of ether oxygens (including phenoxy) is 1. The highest BCUT2D eigenvalue weighted by atomic mass is 35.5. The van der Waals surface area contributed by atoms with Crippen molar-refractivity contribution in [3.8, 4) is 0 Å². The SMILES string of the molecule is CCOC(=O)N1CCN(CC(c2cccc(Cl)c2)N2CCN(C)CC2)CC1. The summed E-state index contributed by atoms with van der Waals surface area (Å²) in [6, 6.07) is 8.58. The Hall–Kier alpha value is -1.34. The molecular weight excluding hydrogens is 364 g/mol. The summed E-state index contributed by atoms with van der Waals surface area (Å²) in [6.07, 6.45) is -0.192. The molecule has 1 amide bonds. The summed E-state index contributed by atoms with van der Waals surface area (Å²) in [6.45, 7) is 10.8. The largest absolute Gasteiger partial charge is 0.450 e. The van der Waals surface area contributed by atoms with Crippen LogP contribution in [-0.2, 0) is 4.74 Å². The maximum atomic E-state index is 11.9. The highest BCUT2D eigenvalue weighted by Crippen LogP contribution is 2.26. The van der Waals surface area contributed by atoms with Crippen molar-refractivity contribution in [1.82, 2.24) is 19.6 Å². The number of carbonyl (C=O) groups is 1. The Morgan fingerprint density at radius 2 is 1.81 bits per heavy atom. The predicted octanol–water partition coefficient (Wildman–Crippen LogP) is 2.40. The number of hydrogen-bond acceptors (Lipinski definition) is 5. The highest BCUT2D eigenvalue weighted by Gasteiger charge is 2.28. The molecule has 0 saturated carbocycles. The van der Waals surface area contributed by atoms with Crippen LogP contribution in [0.2, 0.25) is 5.02 Å². The Bertz CT molecular complexity index is 614. The van der Waals surface area contributed by atoms with Gasteiger partial charge in [-0.3, -0.25) is 9.80 Å². The van der Waals surface area contributed by atoms with Crippen LogP contribution < -0.4 is 0 Å². The van der Waals surface area contributed by atoms with Crippen LogP contribution in [0, 0.1) is 0 Å². The van der Waals surface area contributed by atoms with Gasteiger partial charge in [-0.25, -0.2) is 4.79 Å². The van der Waals surface area contributed by atoms with E-state index in [9.17, 15) is 4.79 Å². The first-order valence-corrected chi connectivity index (χ1v) is 10.3. The third-order valence-electron chi connectivity index (χ3n) is 5.54. The molecule has 0 spiro atoms. The van der Waals surface area contributed by atoms with E-state index in [4.69, 9.17) is 16.3 Å². The maximum absolute atomic E-state index is 11.9. The van der Waals surface area contributed by atoms with Gasteiger partial charge in [-0.05, 0) is 31.7 Å². The van der Waals surface area contributed by atoms with Gasteiger partial charge >= 0.3 is 6.09 Å². The quantitative estimate of drug-likeness (QED) is 0.766. The van der Waals surface area contributed by atoms with Gasteiger partial charge in [0.15, 0.2) is 0 Å². The van der Waals surface area contributed by atoms with Gasteiger partial charge in [0.1, 0.15) is 0 Å². The summed E-state index contributed by atoms with van der Waals surface area (Å²) in [5.41, 5.74) is 1.28. The van der Waals surface area contributed by atoms with E-state index < -0.39 is 0 Å². The molecule has 150 valence electrons. The van der Waals surface area contributed by atoms with Gasteiger partial charge < -0.3 is 14.5 Å². The predicted molar refractivity (Wildman–Crippen MR) is 108 cm³/mol. The topological polar surface area (TPSA) is 39.3 Å². The van der Waals surface area contributed by atoms with E-state index in [1.54, 1.807) is 0 Å². The highest BCUT2D eigenvalue weighted by molar-refractivity contribution is 6.30. The Balaban J connectivity index is 1.64. The standard InChI is InChI=1S/C20H31ClN4O2/c1-3-27-20(26)25-13-9-23(10-14-25)16-19(17-5-4-6-18(21)15-17)24-11-7-22(2)8-12-24/h4-6,15,19H,3,7-14,16H2,1-2H3. The van der Waals surface area contributed by atoms with E-state index in [1.165, 1.54) is 5.56 Å². The zero-order valence-corrected chi connectivity index (χ0v) is 17.2. The van der Waals surface area contributed by atoms with Crippen molar-refractivity contribution in [1.29, 1.82) is 0 Å². The molecule has 0 aliphatic carbocycles. The maximum Gasteiger partial charge on any atom is 0.409 e. The van der Waals surface area contributed by atoms with Crippen molar-refractivity contribution in [2.45, 2.75) is 13.0 Å². The molecule has 7 heteroatoms. The Morgan fingerprint density at radius 3 is 2.44 bits per heavy atom. The van der Waals surface area contributed by atoms with E-state index in [1.807, 2.05) is 24.0 Å². The van der Waals surface area contributed by atoms with Gasteiger partial charge in [0.05, 0.1) is 6.61 Å². The van der Waals surface area contributed by atoms with Crippen LogP contribution in [-0.4, -0.2) is 98.3 Å². The van der Waals surface area contributed by atoms with Crippen LogP contribution in [0.4, 0.5) is 4.79 Å². The fourth-order valence-corrected chi connectivity index (χ4v) is 4.05. The van der Waals surface area contributed by atoms with Gasteiger partial charge in [0.2, 0.25) is 0 Å². The van der Waals surface area contributed by atoms with E-state index in [0.29, 0.717) is 12.6 Å². The molecule has 0 N–H and O–H groups in total. The summed E-state index contributed by atoms with van der Waals surface area (Å²) < 4.78 is 5.13. The van der Waals surface area contributed by atoms with E-state index in [2.05, 4.69) is 33.9 Å². The number of halogens is 1. The number of nitrogens with zero attached hydrogens (tertiary/aromatic N) is 4. The van der Waals surface area contributed by atoms with Crippen molar-refractivity contribution in [2.24, 2.45) is 0 Å². The summed E-state index contributed by atoms with van der Waals surface area (Å²) in [5.74, 6) is 0. The van der Waals surface area contributed by atoms with Crippen molar-refractivity contribution in [2.75, 3.05) is 72.6 Å². The third kappa shape index (κ3) is 5.57.